The normalized spacial score (nSPS) is 14.6. The largest absolute Gasteiger partial charge is 0.506 e. The Hall–Kier alpha value is -2.26. The maximum atomic E-state index is 12.0. The monoisotopic (exact) mass is 311 g/mol. The number of aromatic hydroxyl groups is 1. The Morgan fingerprint density at radius 3 is 2.67 bits per heavy atom. The predicted octanol–water partition coefficient (Wildman–Crippen LogP) is 0.898. The summed E-state index contributed by atoms with van der Waals surface area (Å²) in [5.41, 5.74) is -0.192. The zero-order chi connectivity index (χ0) is 15.4. The van der Waals surface area contributed by atoms with E-state index in [1.54, 1.807) is 4.90 Å². The van der Waals surface area contributed by atoms with Gasteiger partial charge >= 0.3 is 0 Å². The number of morpholine rings is 1. The number of nitrogens with one attached hydrogen (secondary N) is 1. The molecule has 1 aromatic rings. The molecule has 0 spiro atoms. The van der Waals surface area contributed by atoms with E-state index < -0.39 is 10.8 Å². The van der Waals surface area contributed by atoms with Gasteiger partial charge < -0.3 is 20.1 Å². The summed E-state index contributed by atoms with van der Waals surface area (Å²) in [6, 6.07) is 3.41. The molecule has 1 aromatic carbocycles. The number of benzene rings is 1. The first-order valence-corrected chi connectivity index (χ1v) is 6.55. The SMILES string of the molecule is O=C(Nc1ccc([N+](=O)[O-])cc1O)C(=S)N1CCOCC1. The molecule has 0 radical (unpaired) electrons. The number of nitrogens with zero attached hydrogens (tertiary/aromatic N) is 2. The van der Waals surface area contributed by atoms with Crippen molar-refractivity contribution in [3.63, 3.8) is 0 Å². The molecule has 0 aliphatic carbocycles. The molecule has 1 heterocycles. The number of non-ortho nitro benzene ring substituents is 1. The van der Waals surface area contributed by atoms with Crippen LogP contribution in [0.4, 0.5) is 11.4 Å². The molecule has 1 aliphatic rings. The fourth-order valence-electron chi connectivity index (χ4n) is 1.83. The van der Waals surface area contributed by atoms with Gasteiger partial charge in [-0.05, 0) is 6.07 Å². The zero-order valence-electron chi connectivity index (χ0n) is 10.9. The van der Waals surface area contributed by atoms with Crippen LogP contribution in [0, 0.1) is 10.1 Å². The van der Waals surface area contributed by atoms with Crippen molar-refractivity contribution in [3.05, 3.63) is 28.3 Å². The molecule has 112 valence electrons. The minimum Gasteiger partial charge on any atom is -0.506 e. The Balaban J connectivity index is 2.05. The topological polar surface area (TPSA) is 105 Å². The lowest BCUT2D eigenvalue weighted by atomic mass is 10.2. The van der Waals surface area contributed by atoms with Crippen molar-refractivity contribution in [1.29, 1.82) is 0 Å². The molecule has 0 saturated carbocycles. The van der Waals surface area contributed by atoms with Crippen molar-refractivity contribution >= 4 is 34.5 Å². The van der Waals surface area contributed by atoms with Gasteiger partial charge in [-0.15, -0.1) is 0 Å². The molecule has 9 heteroatoms. The van der Waals surface area contributed by atoms with Gasteiger partial charge in [0.2, 0.25) is 0 Å². The number of amides is 1. The molecule has 0 bridgehead atoms. The van der Waals surface area contributed by atoms with Gasteiger partial charge in [-0.1, -0.05) is 12.2 Å². The number of hydrogen-bond acceptors (Lipinski definition) is 6. The van der Waals surface area contributed by atoms with Crippen LogP contribution >= 0.6 is 12.2 Å². The highest BCUT2D eigenvalue weighted by Crippen LogP contribution is 2.27. The van der Waals surface area contributed by atoms with E-state index in [0.29, 0.717) is 26.3 Å². The number of carbonyl (C=O) groups excluding carboxylic acids is 1. The minimum atomic E-state index is -0.635. The summed E-state index contributed by atoms with van der Waals surface area (Å²) in [6.07, 6.45) is 0. The van der Waals surface area contributed by atoms with E-state index in [0.717, 1.165) is 6.07 Å². The van der Waals surface area contributed by atoms with Crippen LogP contribution in [0.2, 0.25) is 0 Å². The molecule has 21 heavy (non-hydrogen) atoms. The highest BCUT2D eigenvalue weighted by atomic mass is 32.1. The summed E-state index contributed by atoms with van der Waals surface area (Å²) >= 11 is 5.07. The van der Waals surface area contributed by atoms with Crippen LogP contribution in [0.15, 0.2) is 18.2 Å². The second-order valence-corrected chi connectivity index (χ2v) is 4.70. The number of carbonyl (C=O) groups is 1. The lowest BCUT2D eigenvalue weighted by Crippen LogP contribution is -2.44. The summed E-state index contributed by atoms with van der Waals surface area (Å²) in [6.45, 7) is 2.05. The zero-order valence-corrected chi connectivity index (χ0v) is 11.8. The van der Waals surface area contributed by atoms with E-state index in [1.807, 2.05) is 0 Å². The highest BCUT2D eigenvalue weighted by molar-refractivity contribution is 7.82. The van der Waals surface area contributed by atoms with Crippen molar-refractivity contribution in [2.24, 2.45) is 0 Å². The number of thiocarbonyl (C=S) groups is 1. The van der Waals surface area contributed by atoms with Crippen molar-refractivity contribution in [2.45, 2.75) is 0 Å². The summed E-state index contributed by atoms with van der Waals surface area (Å²) in [4.78, 5) is 23.7. The van der Waals surface area contributed by atoms with Gasteiger partial charge in [-0.25, -0.2) is 0 Å². The standard InChI is InChI=1S/C12H13N3O5S/c16-10-7-8(15(18)19)1-2-9(10)13-11(17)12(21)14-3-5-20-6-4-14/h1-2,7,16H,3-6H2,(H,13,17). The molecular formula is C12H13N3O5S. The Bertz CT molecular complexity index is 586. The Labute approximate surface area is 125 Å². The van der Waals surface area contributed by atoms with Gasteiger partial charge in [0.25, 0.3) is 11.6 Å². The van der Waals surface area contributed by atoms with Crippen LogP contribution in [0.5, 0.6) is 5.75 Å². The average molecular weight is 311 g/mol. The van der Waals surface area contributed by atoms with Gasteiger partial charge in [0.15, 0.2) is 4.99 Å². The molecular weight excluding hydrogens is 298 g/mol. The van der Waals surface area contributed by atoms with Crippen LogP contribution in [-0.2, 0) is 9.53 Å². The van der Waals surface area contributed by atoms with Crippen molar-refractivity contribution in [1.82, 2.24) is 4.90 Å². The molecule has 0 atom stereocenters. The van der Waals surface area contributed by atoms with E-state index in [4.69, 9.17) is 17.0 Å². The van der Waals surface area contributed by atoms with Crippen molar-refractivity contribution in [2.75, 3.05) is 31.6 Å². The number of rotatable bonds is 2. The number of phenolic OH excluding ortho intramolecular Hbond substituents is 1. The van der Waals surface area contributed by atoms with Crippen LogP contribution in [0.3, 0.4) is 0 Å². The van der Waals surface area contributed by atoms with E-state index in [2.05, 4.69) is 5.32 Å². The summed E-state index contributed by atoms with van der Waals surface area (Å²) in [5.74, 6) is -0.932. The minimum absolute atomic E-state index is 0.0706. The molecule has 1 saturated heterocycles. The third-order valence-corrected chi connectivity index (χ3v) is 3.38. The van der Waals surface area contributed by atoms with Gasteiger partial charge in [-0.2, -0.15) is 0 Å². The fourth-order valence-corrected chi connectivity index (χ4v) is 2.06. The van der Waals surface area contributed by atoms with Crippen LogP contribution in [-0.4, -0.2) is 52.1 Å². The quantitative estimate of drug-likeness (QED) is 0.362. The van der Waals surface area contributed by atoms with Crippen molar-refractivity contribution in [3.8, 4) is 5.75 Å². The molecule has 2 rings (SSSR count). The van der Waals surface area contributed by atoms with Gasteiger partial charge in [0.1, 0.15) is 5.75 Å². The van der Waals surface area contributed by atoms with E-state index in [9.17, 15) is 20.0 Å². The van der Waals surface area contributed by atoms with Gasteiger partial charge in [0.05, 0.1) is 29.9 Å². The number of anilines is 1. The summed E-state index contributed by atoms with van der Waals surface area (Å²) in [7, 11) is 0. The smallest absolute Gasteiger partial charge is 0.283 e. The third-order valence-electron chi connectivity index (χ3n) is 2.93. The Morgan fingerprint density at radius 1 is 1.43 bits per heavy atom. The second-order valence-electron chi connectivity index (χ2n) is 4.32. The maximum absolute atomic E-state index is 12.0. The average Bonchev–Trinajstić information content (AvgIpc) is 2.49. The molecule has 1 fully saturated rings. The van der Waals surface area contributed by atoms with Crippen LogP contribution in [0.25, 0.3) is 0 Å². The first-order valence-electron chi connectivity index (χ1n) is 6.14. The highest BCUT2D eigenvalue weighted by Gasteiger charge is 2.21. The van der Waals surface area contributed by atoms with Crippen molar-refractivity contribution < 1.29 is 19.6 Å². The first kappa shape index (κ1) is 15.1. The van der Waals surface area contributed by atoms with Crippen LogP contribution < -0.4 is 5.32 Å². The Morgan fingerprint density at radius 2 is 2.10 bits per heavy atom. The molecule has 1 aliphatic heterocycles. The van der Waals surface area contributed by atoms with E-state index in [-0.39, 0.29) is 22.1 Å². The Kier molecular flexibility index (Phi) is 4.66. The number of phenols is 1. The summed E-state index contributed by atoms with van der Waals surface area (Å²) in [5, 5.41) is 22.7. The van der Waals surface area contributed by atoms with Gasteiger partial charge in [-0.3, -0.25) is 14.9 Å². The number of nitro benzene ring substituents is 1. The fraction of sp³-hybridized carbons (Fsp3) is 0.333. The predicted molar refractivity (Wildman–Crippen MR) is 78.4 cm³/mol. The van der Waals surface area contributed by atoms with E-state index >= 15 is 0 Å². The number of ether oxygens (including phenoxy) is 1. The summed E-state index contributed by atoms with van der Waals surface area (Å²) < 4.78 is 5.17. The molecule has 1 amide bonds. The number of nitro groups is 1. The van der Waals surface area contributed by atoms with Gasteiger partial charge in [0, 0.05) is 19.2 Å². The number of hydrogen-bond donors (Lipinski definition) is 2. The molecule has 0 aromatic heterocycles. The molecule has 0 unspecified atom stereocenters. The third kappa shape index (κ3) is 3.64. The lowest BCUT2D eigenvalue weighted by molar-refractivity contribution is -0.384. The lowest BCUT2D eigenvalue weighted by Gasteiger charge is -2.28. The molecule has 2 N–H and O–H groups in total. The van der Waals surface area contributed by atoms with Crippen LogP contribution in [0.1, 0.15) is 0 Å². The molecule has 8 nitrogen and oxygen atoms in total. The maximum Gasteiger partial charge on any atom is 0.283 e. The first-order chi connectivity index (χ1) is 9.99. The second kappa shape index (κ2) is 6.46. The van der Waals surface area contributed by atoms with E-state index in [1.165, 1.54) is 12.1 Å².